The van der Waals surface area contributed by atoms with Crippen LogP contribution in [0.5, 0.6) is 11.5 Å². The molecule has 0 heterocycles. The lowest BCUT2D eigenvalue weighted by atomic mass is 9.63. The summed E-state index contributed by atoms with van der Waals surface area (Å²) in [7, 11) is 2.74. The van der Waals surface area contributed by atoms with E-state index in [9.17, 15) is 14.3 Å². The van der Waals surface area contributed by atoms with Crippen molar-refractivity contribution < 1.29 is 23.8 Å². The van der Waals surface area contributed by atoms with Crippen molar-refractivity contribution in [2.45, 2.75) is 31.6 Å². The summed E-state index contributed by atoms with van der Waals surface area (Å²) in [6.07, 6.45) is 1.91. The summed E-state index contributed by atoms with van der Waals surface area (Å²) >= 11 is 0. The summed E-state index contributed by atoms with van der Waals surface area (Å²) in [5, 5.41) is 9.52. The molecule has 0 spiro atoms. The molecule has 1 saturated carbocycles. The van der Waals surface area contributed by atoms with Gasteiger partial charge < -0.3 is 14.6 Å². The maximum atomic E-state index is 13.8. The lowest BCUT2D eigenvalue weighted by Gasteiger charge is -2.40. The Morgan fingerprint density at radius 1 is 1.32 bits per heavy atom. The highest BCUT2D eigenvalue weighted by Gasteiger charge is 2.49. The van der Waals surface area contributed by atoms with Crippen LogP contribution in [0.3, 0.4) is 0 Å². The minimum absolute atomic E-state index is 0.0318. The van der Waals surface area contributed by atoms with Crippen LogP contribution in [-0.2, 0) is 10.2 Å². The number of carboxylic acids is 1. The molecular weight excluding hydrogens is 251 g/mol. The fraction of sp³-hybridized carbons (Fsp3) is 0.500. The number of hydrogen-bond acceptors (Lipinski definition) is 3. The van der Waals surface area contributed by atoms with Crippen LogP contribution in [0.25, 0.3) is 0 Å². The van der Waals surface area contributed by atoms with Crippen LogP contribution in [0.15, 0.2) is 6.07 Å². The Labute approximate surface area is 111 Å². The molecule has 0 radical (unpaired) electrons. The standard InChI is InChI=1S/C14H17FO4/c1-8-7-9(15)11(18-2)12(19-3)10(8)14(13(16)17)5-4-6-14/h7H,4-6H2,1-3H3,(H,16,17). The number of hydrogen-bond donors (Lipinski definition) is 1. The van der Waals surface area contributed by atoms with Crippen molar-refractivity contribution in [3.8, 4) is 11.5 Å². The Hall–Kier alpha value is -1.78. The van der Waals surface area contributed by atoms with Gasteiger partial charge in [0.2, 0.25) is 0 Å². The van der Waals surface area contributed by atoms with Gasteiger partial charge in [-0.25, -0.2) is 4.39 Å². The summed E-state index contributed by atoms with van der Waals surface area (Å²) in [6, 6.07) is 1.31. The fourth-order valence-electron chi connectivity index (χ4n) is 2.81. The summed E-state index contributed by atoms with van der Waals surface area (Å²) in [5.74, 6) is -1.27. The van der Waals surface area contributed by atoms with Gasteiger partial charge >= 0.3 is 5.97 Å². The summed E-state index contributed by atoms with van der Waals surface area (Å²) in [5.41, 5.74) is 0.139. The van der Waals surface area contributed by atoms with E-state index in [1.807, 2.05) is 0 Å². The highest BCUT2D eigenvalue weighted by Crippen LogP contribution is 2.51. The summed E-state index contributed by atoms with van der Waals surface area (Å²) in [6.45, 7) is 1.70. The van der Waals surface area contributed by atoms with Gasteiger partial charge in [-0.15, -0.1) is 0 Å². The Kier molecular flexibility index (Phi) is 3.39. The van der Waals surface area contributed by atoms with Crippen molar-refractivity contribution in [3.05, 3.63) is 23.0 Å². The summed E-state index contributed by atoms with van der Waals surface area (Å²) < 4.78 is 24.1. The van der Waals surface area contributed by atoms with Crippen LogP contribution in [0.4, 0.5) is 4.39 Å². The van der Waals surface area contributed by atoms with Gasteiger partial charge in [0.15, 0.2) is 17.3 Å². The van der Waals surface area contributed by atoms with Gasteiger partial charge in [-0.2, -0.15) is 0 Å². The molecule has 19 heavy (non-hydrogen) atoms. The van der Waals surface area contributed by atoms with Crippen LogP contribution in [0.1, 0.15) is 30.4 Å². The highest BCUT2D eigenvalue weighted by molar-refractivity contribution is 5.85. The number of aliphatic carboxylic acids is 1. The SMILES string of the molecule is COc1c(F)cc(C)c(C2(C(=O)O)CCC2)c1OC. The topological polar surface area (TPSA) is 55.8 Å². The van der Waals surface area contributed by atoms with Crippen molar-refractivity contribution in [1.29, 1.82) is 0 Å². The molecule has 1 N–H and O–H groups in total. The molecule has 0 bridgehead atoms. The monoisotopic (exact) mass is 268 g/mol. The molecule has 0 unspecified atom stereocenters. The minimum Gasteiger partial charge on any atom is -0.492 e. The van der Waals surface area contributed by atoms with Crippen LogP contribution < -0.4 is 9.47 Å². The first-order valence-electron chi connectivity index (χ1n) is 6.13. The van der Waals surface area contributed by atoms with E-state index in [0.717, 1.165) is 6.42 Å². The smallest absolute Gasteiger partial charge is 0.314 e. The molecular formula is C14H17FO4. The van der Waals surface area contributed by atoms with Crippen LogP contribution in [-0.4, -0.2) is 25.3 Å². The average Bonchev–Trinajstić information content (AvgIpc) is 2.29. The number of methoxy groups -OCH3 is 2. The van der Waals surface area contributed by atoms with Crippen molar-refractivity contribution in [2.24, 2.45) is 0 Å². The zero-order chi connectivity index (χ0) is 14.2. The molecule has 4 nitrogen and oxygen atoms in total. The second kappa shape index (κ2) is 4.72. The van der Waals surface area contributed by atoms with E-state index in [1.54, 1.807) is 6.92 Å². The fourth-order valence-corrected chi connectivity index (χ4v) is 2.81. The molecule has 0 aromatic heterocycles. The molecule has 1 aliphatic carbocycles. The van der Waals surface area contributed by atoms with Crippen molar-refractivity contribution in [2.75, 3.05) is 14.2 Å². The number of halogens is 1. The van der Waals surface area contributed by atoms with Gasteiger partial charge in [-0.05, 0) is 31.4 Å². The first-order valence-corrected chi connectivity index (χ1v) is 6.13. The van der Waals surface area contributed by atoms with Crippen LogP contribution in [0.2, 0.25) is 0 Å². The van der Waals surface area contributed by atoms with Crippen molar-refractivity contribution >= 4 is 5.97 Å². The molecule has 0 atom stereocenters. The van der Waals surface area contributed by atoms with Crippen molar-refractivity contribution in [1.82, 2.24) is 0 Å². The van der Waals surface area contributed by atoms with E-state index < -0.39 is 17.2 Å². The maximum Gasteiger partial charge on any atom is 0.314 e. The van der Waals surface area contributed by atoms with E-state index >= 15 is 0 Å². The third kappa shape index (κ3) is 1.84. The first-order chi connectivity index (χ1) is 8.97. The van der Waals surface area contributed by atoms with Crippen LogP contribution >= 0.6 is 0 Å². The van der Waals surface area contributed by atoms with Crippen LogP contribution in [0, 0.1) is 12.7 Å². The predicted octanol–water partition coefficient (Wildman–Crippen LogP) is 2.66. The average molecular weight is 268 g/mol. The minimum atomic E-state index is -0.976. The second-order valence-electron chi connectivity index (χ2n) is 4.86. The molecule has 1 fully saturated rings. The van der Waals surface area contributed by atoms with Gasteiger partial charge in [-0.3, -0.25) is 4.79 Å². The number of carboxylic acid groups (broad SMARTS) is 1. The third-order valence-corrected chi connectivity index (χ3v) is 3.89. The Balaban J connectivity index is 2.72. The quantitative estimate of drug-likeness (QED) is 0.912. The predicted molar refractivity (Wildman–Crippen MR) is 67.4 cm³/mol. The molecule has 1 aromatic carbocycles. The number of rotatable bonds is 4. The molecule has 104 valence electrons. The van der Waals surface area contributed by atoms with E-state index in [1.165, 1.54) is 20.3 Å². The second-order valence-corrected chi connectivity index (χ2v) is 4.86. The number of benzene rings is 1. The molecule has 5 heteroatoms. The maximum absolute atomic E-state index is 13.8. The molecule has 0 saturated heterocycles. The number of aryl methyl sites for hydroxylation is 1. The molecule has 1 aromatic rings. The molecule has 2 rings (SSSR count). The first kappa shape index (κ1) is 13.6. The summed E-state index contributed by atoms with van der Waals surface area (Å²) in [4.78, 5) is 11.6. The zero-order valence-corrected chi connectivity index (χ0v) is 11.2. The normalized spacial score (nSPS) is 16.6. The lowest BCUT2D eigenvalue weighted by molar-refractivity contribution is -0.147. The third-order valence-electron chi connectivity index (χ3n) is 3.89. The highest BCUT2D eigenvalue weighted by atomic mass is 19.1. The van der Waals surface area contributed by atoms with Gasteiger partial charge in [-0.1, -0.05) is 6.42 Å². The zero-order valence-electron chi connectivity index (χ0n) is 11.2. The number of ether oxygens (including phenoxy) is 2. The van der Waals surface area contributed by atoms with Crippen molar-refractivity contribution in [3.63, 3.8) is 0 Å². The van der Waals surface area contributed by atoms with E-state index in [-0.39, 0.29) is 11.5 Å². The Bertz CT molecular complexity index is 521. The Morgan fingerprint density at radius 3 is 2.26 bits per heavy atom. The van der Waals surface area contributed by atoms with E-state index in [2.05, 4.69) is 0 Å². The van der Waals surface area contributed by atoms with Gasteiger partial charge in [0.05, 0.1) is 19.6 Å². The Morgan fingerprint density at radius 2 is 1.89 bits per heavy atom. The van der Waals surface area contributed by atoms with Gasteiger partial charge in [0.1, 0.15) is 0 Å². The van der Waals surface area contributed by atoms with E-state index in [4.69, 9.17) is 9.47 Å². The van der Waals surface area contributed by atoms with Gasteiger partial charge in [0, 0.05) is 5.56 Å². The van der Waals surface area contributed by atoms with E-state index in [0.29, 0.717) is 24.0 Å². The largest absolute Gasteiger partial charge is 0.492 e. The molecule has 1 aliphatic rings. The van der Waals surface area contributed by atoms with Gasteiger partial charge in [0.25, 0.3) is 0 Å². The lowest BCUT2D eigenvalue weighted by Crippen LogP contribution is -2.43. The molecule has 0 aliphatic heterocycles. The number of carbonyl (C=O) groups is 1. The molecule has 0 amide bonds.